The van der Waals surface area contributed by atoms with Crippen LogP contribution in [0, 0.1) is 5.41 Å². The van der Waals surface area contributed by atoms with Crippen LogP contribution in [-0.2, 0) is 16.0 Å². The van der Waals surface area contributed by atoms with Gasteiger partial charge in [-0.05, 0) is 36.8 Å². The van der Waals surface area contributed by atoms with Crippen LogP contribution in [0.2, 0.25) is 0 Å². The molecule has 7 heteroatoms. The molecule has 0 aromatic heterocycles. The average Bonchev–Trinajstić information content (AvgIpc) is 2.91. The molecule has 1 amide bonds. The molecule has 200 valence electrons. The molecular formula is C31H36N2O5. The normalized spacial score (nSPS) is 11.9. The summed E-state index contributed by atoms with van der Waals surface area (Å²) in [5, 5.41) is 12.9. The summed E-state index contributed by atoms with van der Waals surface area (Å²) in [7, 11) is 0. The first-order valence-electron chi connectivity index (χ1n) is 12.8. The zero-order valence-electron chi connectivity index (χ0n) is 22.4. The number of carbonyl (C=O) groups excluding carboxylic acids is 2. The van der Waals surface area contributed by atoms with Crippen molar-refractivity contribution < 1.29 is 24.2 Å². The van der Waals surface area contributed by atoms with Gasteiger partial charge < -0.3 is 20.1 Å². The van der Waals surface area contributed by atoms with E-state index in [1.54, 1.807) is 65.6 Å². The third-order valence-corrected chi connectivity index (χ3v) is 6.14. The van der Waals surface area contributed by atoms with Crippen LogP contribution in [0.4, 0.5) is 5.69 Å². The molecule has 3 rings (SSSR count). The van der Waals surface area contributed by atoms with Crippen molar-refractivity contribution in [3.63, 3.8) is 0 Å². The number of benzene rings is 3. The fraction of sp³-hybridized carbons (Fsp3) is 0.323. The van der Waals surface area contributed by atoms with Crippen LogP contribution < -0.4 is 10.1 Å². The second-order valence-corrected chi connectivity index (χ2v) is 10.1. The van der Waals surface area contributed by atoms with Gasteiger partial charge in [-0.1, -0.05) is 75.4 Å². The summed E-state index contributed by atoms with van der Waals surface area (Å²) in [6, 6.07) is 22.1. The molecule has 7 nitrogen and oxygen atoms in total. The molecule has 0 fully saturated rings. The number of nitrogens with zero attached hydrogens (tertiary/aromatic N) is 1. The second kappa shape index (κ2) is 12.9. The summed E-state index contributed by atoms with van der Waals surface area (Å²) in [4.78, 5) is 39.4. The van der Waals surface area contributed by atoms with Gasteiger partial charge in [0, 0.05) is 35.2 Å². The fourth-order valence-electron chi connectivity index (χ4n) is 4.05. The number of hydrogen-bond donors (Lipinski definition) is 2. The average molecular weight is 517 g/mol. The van der Waals surface area contributed by atoms with Gasteiger partial charge in [0.1, 0.15) is 18.4 Å². The lowest BCUT2D eigenvalue weighted by Crippen LogP contribution is -2.41. The Hall–Kier alpha value is -4.13. The van der Waals surface area contributed by atoms with Crippen LogP contribution in [0.5, 0.6) is 5.75 Å². The standard InChI is InChI=1S/C31H36N2O5/c1-5-33(30(37)31(2,3)4)19-20-38-24-17-15-22(16-18-24)21-27(29(35)36)32-26-14-10-9-13-25(26)28(34)23-11-7-6-8-12-23/h6-18,27,32H,5,19-21H2,1-4H3,(H,35,36)/t27-/m0/s1. The lowest BCUT2D eigenvalue weighted by molar-refractivity contribution is -0.139. The summed E-state index contributed by atoms with van der Waals surface area (Å²) in [5.41, 5.74) is 1.79. The van der Waals surface area contributed by atoms with E-state index in [2.05, 4.69) is 5.32 Å². The Morgan fingerprint density at radius 2 is 1.55 bits per heavy atom. The van der Waals surface area contributed by atoms with E-state index in [1.165, 1.54) is 0 Å². The topological polar surface area (TPSA) is 95.9 Å². The Labute approximate surface area is 224 Å². The number of carbonyl (C=O) groups is 3. The third kappa shape index (κ3) is 7.68. The Kier molecular flexibility index (Phi) is 9.66. The van der Waals surface area contributed by atoms with E-state index in [0.717, 1.165) is 5.56 Å². The molecule has 0 saturated heterocycles. The molecule has 2 N–H and O–H groups in total. The summed E-state index contributed by atoms with van der Waals surface area (Å²) in [6.45, 7) is 9.11. The molecule has 0 aliphatic carbocycles. The van der Waals surface area contributed by atoms with Crippen LogP contribution in [0.15, 0.2) is 78.9 Å². The van der Waals surface area contributed by atoms with Gasteiger partial charge in [-0.2, -0.15) is 0 Å². The Bertz CT molecular complexity index is 1230. The predicted molar refractivity (Wildman–Crippen MR) is 149 cm³/mol. The number of ether oxygens (including phenoxy) is 1. The molecule has 1 atom stereocenters. The van der Waals surface area contributed by atoms with Crippen molar-refractivity contribution in [1.29, 1.82) is 0 Å². The molecule has 0 spiro atoms. The van der Waals surface area contributed by atoms with Crippen LogP contribution in [-0.4, -0.2) is 53.4 Å². The van der Waals surface area contributed by atoms with Gasteiger partial charge in [-0.25, -0.2) is 4.79 Å². The molecule has 0 saturated carbocycles. The van der Waals surface area contributed by atoms with Gasteiger partial charge in [0.25, 0.3) is 0 Å². The number of rotatable bonds is 12. The molecule has 0 unspecified atom stereocenters. The molecule has 3 aromatic carbocycles. The zero-order chi connectivity index (χ0) is 27.7. The van der Waals surface area contributed by atoms with E-state index >= 15 is 0 Å². The summed E-state index contributed by atoms with van der Waals surface area (Å²) < 4.78 is 5.83. The fourth-order valence-corrected chi connectivity index (χ4v) is 4.05. The van der Waals surface area contributed by atoms with Crippen molar-refractivity contribution in [3.05, 3.63) is 95.6 Å². The summed E-state index contributed by atoms with van der Waals surface area (Å²) in [6.07, 6.45) is 0.215. The third-order valence-electron chi connectivity index (χ3n) is 6.14. The lowest BCUT2D eigenvalue weighted by atomic mass is 9.95. The number of nitrogens with one attached hydrogen (secondary N) is 1. The summed E-state index contributed by atoms with van der Waals surface area (Å²) in [5.74, 6) is -0.467. The molecule has 0 aliphatic heterocycles. The highest BCUT2D eigenvalue weighted by atomic mass is 16.5. The molecule has 38 heavy (non-hydrogen) atoms. The van der Waals surface area contributed by atoms with Crippen molar-refractivity contribution in [2.45, 2.75) is 40.2 Å². The van der Waals surface area contributed by atoms with Gasteiger partial charge in [0.15, 0.2) is 5.78 Å². The number of hydrogen-bond acceptors (Lipinski definition) is 5. The smallest absolute Gasteiger partial charge is 0.326 e. The summed E-state index contributed by atoms with van der Waals surface area (Å²) >= 11 is 0. The second-order valence-electron chi connectivity index (χ2n) is 10.1. The molecule has 0 radical (unpaired) electrons. The van der Waals surface area contributed by atoms with E-state index in [0.29, 0.717) is 42.3 Å². The number of anilines is 1. The van der Waals surface area contributed by atoms with Crippen LogP contribution in [0.25, 0.3) is 0 Å². The SMILES string of the molecule is CCN(CCOc1ccc(C[C@H](Nc2ccccc2C(=O)c2ccccc2)C(=O)O)cc1)C(=O)C(C)(C)C. The van der Waals surface area contributed by atoms with Gasteiger partial charge in [-0.3, -0.25) is 9.59 Å². The maximum atomic E-state index is 13.0. The predicted octanol–water partition coefficient (Wildman–Crippen LogP) is 5.30. The molecule has 0 heterocycles. The highest BCUT2D eigenvalue weighted by Gasteiger charge is 2.26. The number of amides is 1. The van der Waals surface area contributed by atoms with E-state index < -0.39 is 17.4 Å². The van der Waals surface area contributed by atoms with Crippen molar-refractivity contribution >= 4 is 23.3 Å². The van der Waals surface area contributed by atoms with Crippen molar-refractivity contribution in [3.8, 4) is 5.75 Å². The van der Waals surface area contributed by atoms with E-state index in [4.69, 9.17) is 4.74 Å². The largest absolute Gasteiger partial charge is 0.492 e. The highest BCUT2D eigenvalue weighted by Crippen LogP contribution is 2.22. The van der Waals surface area contributed by atoms with Gasteiger partial charge in [0.2, 0.25) is 5.91 Å². The Morgan fingerprint density at radius 1 is 0.921 bits per heavy atom. The van der Waals surface area contributed by atoms with Crippen molar-refractivity contribution in [1.82, 2.24) is 4.90 Å². The maximum Gasteiger partial charge on any atom is 0.326 e. The van der Waals surface area contributed by atoms with E-state index in [-0.39, 0.29) is 18.1 Å². The van der Waals surface area contributed by atoms with Gasteiger partial charge in [-0.15, -0.1) is 0 Å². The van der Waals surface area contributed by atoms with Crippen LogP contribution >= 0.6 is 0 Å². The molecule has 0 bridgehead atoms. The molecule has 3 aromatic rings. The maximum absolute atomic E-state index is 13.0. The monoisotopic (exact) mass is 516 g/mol. The molecule has 0 aliphatic rings. The minimum absolute atomic E-state index is 0.0817. The van der Waals surface area contributed by atoms with Crippen LogP contribution in [0.1, 0.15) is 49.2 Å². The number of carboxylic acids is 1. The first kappa shape index (κ1) is 28.4. The quantitative estimate of drug-likeness (QED) is 0.317. The minimum Gasteiger partial charge on any atom is -0.492 e. The van der Waals surface area contributed by atoms with Crippen molar-refractivity contribution in [2.24, 2.45) is 5.41 Å². The number of para-hydroxylation sites is 1. The highest BCUT2D eigenvalue weighted by molar-refractivity contribution is 6.12. The zero-order valence-corrected chi connectivity index (χ0v) is 22.4. The minimum atomic E-state index is -1.02. The molecular weight excluding hydrogens is 480 g/mol. The Balaban J connectivity index is 1.63. The van der Waals surface area contributed by atoms with Crippen molar-refractivity contribution in [2.75, 3.05) is 25.0 Å². The van der Waals surface area contributed by atoms with E-state index in [1.807, 2.05) is 45.9 Å². The number of aliphatic carboxylic acids is 1. The van der Waals surface area contributed by atoms with Crippen LogP contribution in [0.3, 0.4) is 0 Å². The number of ketones is 1. The first-order valence-corrected chi connectivity index (χ1v) is 12.8. The van der Waals surface area contributed by atoms with Gasteiger partial charge in [0.05, 0.1) is 6.54 Å². The lowest BCUT2D eigenvalue weighted by Gasteiger charge is -2.28. The number of carboxylic acid groups (broad SMARTS) is 1. The Morgan fingerprint density at radius 3 is 2.16 bits per heavy atom. The van der Waals surface area contributed by atoms with Gasteiger partial charge >= 0.3 is 5.97 Å². The number of likely N-dealkylation sites (N-methyl/N-ethyl adjacent to an activating group) is 1. The van der Waals surface area contributed by atoms with E-state index in [9.17, 15) is 19.5 Å². The first-order chi connectivity index (χ1) is 18.1.